The van der Waals surface area contributed by atoms with Crippen LogP contribution in [0.15, 0.2) is 146 Å². The molecule has 9 rings (SSSR count). The van der Waals surface area contributed by atoms with Gasteiger partial charge < -0.3 is 0 Å². The number of hydrogen-bond acceptors (Lipinski definition) is 4. The molecule has 0 saturated carbocycles. The summed E-state index contributed by atoms with van der Waals surface area (Å²) in [5.74, 6) is 0. The lowest BCUT2D eigenvalue weighted by Gasteiger charge is -2.10. The van der Waals surface area contributed by atoms with Crippen LogP contribution in [-0.2, 0) is 0 Å². The van der Waals surface area contributed by atoms with Gasteiger partial charge in [-0.2, -0.15) is 0 Å². The first-order chi connectivity index (χ1) is 23.6. The van der Waals surface area contributed by atoms with Crippen LogP contribution < -0.4 is 0 Å². The molecule has 0 atom stereocenters. The van der Waals surface area contributed by atoms with Gasteiger partial charge in [-0.1, -0.05) is 132 Å². The fraction of sp³-hybridized carbons (Fsp3) is 0.0455. The number of pyridine rings is 4. The van der Waals surface area contributed by atoms with Crippen molar-refractivity contribution < 1.29 is 0 Å². The highest BCUT2D eigenvalue weighted by molar-refractivity contribution is 6.05. The minimum Gasteiger partial charge on any atom is -0.245 e. The highest BCUT2D eigenvalue weighted by Gasteiger charge is 2.12. The van der Waals surface area contributed by atoms with Gasteiger partial charge in [0.15, 0.2) is 0 Å². The Morgan fingerprint density at radius 1 is 0.250 bits per heavy atom. The molecule has 0 saturated heterocycles. The molecule has 4 heterocycles. The molecule has 0 fully saturated rings. The summed E-state index contributed by atoms with van der Waals surface area (Å²) in [5, 5.41) is 4.30. The molecule has 5 aromatic carbocycles. The Kier molecular flexibility index (Phi) is 6.54. The predicted octanol–water partition coefficient (Wildman–Crippen LogP) is 11.2. The number of nitrogens with zero attached hydrogens (tertiary/aromatic N) is 4. The van der Waals surface area contributed by atoms with Gasteiger partial charge in [-0.15, -0.1) is 0 Å². The minimum absolute atomic E-state index is 0.906. The molecule has 9 aromatic rings. The van der Waals surface area contributed by atoms with Gasteiger partial charge in [0.05, 0.1) is 44.8 Å². The van der Waals surface area contributed by atoms with Crippen LogP contribution in [-0.4, -0.2) is 19.9 Å². The van der Waals surface area contributed by atoms with Gasteiger partial charge in [0.1, 0.15) is 0 Å². The lowest BCUT2D eigenvalue weighted by atomic mass is 10.0. The Labute approximate surface area is 278 Å². The summed E-state index contributed by atoms with van der Waals surface area (Å²) < 4.78 is 0. The maximum Gasteiger partial charge on any atom is 0.0972 e. The van der Waals surface area contributed by atoms with Gasteiger partial charge in [0.2, 0.25) is 0 Å². The average molecular weight is 615 g/mol. The van der Waals surface area contributed by atoms with E-state index < -0.39 is 0 Å². The van der Waals surface area contributed by atoms with Crippen molar-refractivity contribution in [2.24, 2.45) is 0 Å². The topological polar surface area (TPSA) is 51.6 Å². The molecule has 48 heavy (non-hydrogen) atoms. The SMILES string of the molecule is Cc1ccc(-c2ccc3ccc4ccc(-c5ccc(-c6ccc7ccc8ccc(-c9ccc(C)cc9)nc8c7n6)cc5)nc4c3n2)cc1. The van der Waals surface area contributed by atoms with Crippen molar-refractivity contribution in [1.82, 2.24) is 19.9 Å². The largest absolute Gasteiger partial charge is 0.245 e. The maximum atomic E-state index is 5.15. The van der Waals surface area contributed by atoms with Gasteiger partial charge in [-0.05, 0) is 38.1 Å². The van der Waals surface area contributed by atoms with Crippen molar-refractivity contribution in [3.63, 3.8) is 0 Å². The summed E-state index contributed by atoms with van der Waals surface area (Å²) in [6, 6.07) is 50.9. The van der Waals surface area contributed by atoms with Gasteiger partial charge >= 0.3 is 0 Å². The van der Waals surface area contributed by atoms with E-state index in [0.29, 0.717) is 0 Å². The third-order valence-electron chi connectivity index (χ3n) is 9.21. The van der Waals surface area contributed by atoms with E-state index in [4.69, 9.17) is 19.9 Å². The summed E-state index contributed by atoms with van der Waals surface area (Å²) in [4.78, 5) is 20.5. The van der Waals surface area contributed by atoms with Crippen LogP contribution in [0.4, 0.5) is 0 Å². The predicted molar refractivity (Wildman–Crippen MR) is 199 cm³/mol. The number of aromatic nitrogens is 4. The maximum absolute atomic E-state index is 5.15. The van der Waals surface area contributed by atoms with Crippen molar-refractivity contribution in [1.29, 1.82) is 0 Å². The van der Waals surface area contributed by atoms with Gasteiger partial charge in [0.25, 0.3) is 0 Å². The van der Waals surface area contributed by atoms with Crippen LogP contribution in [0.2, 0.25) is 0 Å². The molecule has 0 spiro atoms. The molecule has 0 amide bonds. The second kappa shape index (κ2) is 11.2. The molecule has 0 bridgehead atoms. The third kappa shape index (κ3) is 4.95. The molecule has 0 N–H and O–H groups in total. The molecule has 0 aliphatic carbocycles. The summed E-state index contributed by atoms with van der Waals surface area (Å²) in [5.41, 5.74) is 14.1. The average Bonchev–Trinajstić information content (AvgIpc) is 3.14. The number of aryl methyl sites for hydroxylation is 2. The monoisotopic (exact) mass is 614 g/mol. The van der Waals surface area contributed by atoms with E-state index >= 15 is 0 Å². The number of benzene rings is 5. The van der Waals surface area contributed by atoms with Crippen LogP contribution in [0.1, 0.15) is 11.1 Å². The van der Waals surface area contributed by atoms with Crippen molar-refractivity contribution in [2.75, 3.05) is 0 Å². The first-order valence-corrected chi connectivity index (χ1v) is 16.2. The number of fused-ring (bicyclic) bond motifs is 6. The molecule has 0 aliphatic heterocycles. The van der Waals surface area contributed by atoms with E-state index in [1.165, 1.54) is 11.1 Å². The lowest BCUT2D eigenvalue weighted by molar-refractivity contribution is 1.35. The molecule has 226 valence electrons. The number of hydrogen-bond donors (Lipinski definition) is 0. The van der Waals surface area contributed by atoms with Gasteiger partial charge in [-0.25, -0.2) is 19.9 Å². The first-order valence-electron chi connectivity index (χ1n) is 16.2. The third-order valence-corrected chi connectivity index (χ3v) is 9.21. The van der Waals surface area contributed by atoms with Gasteiger partial charge in [-0.3, -0.25) is 0 Å². The Balaban J connectivity index is 1.08. The van der Waals surface area contributed by atoms with E-state index in [1.54, 1.807) is 0 Å². The highest BCUT2D eigenvalue weighted by atomic mass is 14.8. The minimum atomic E-state index is 0.906. The lowest BCUT2D eigenvalue weighted by Crippen LogP contribution is -1.92. The van der Waals surface area contributed by atoms with E-state index in [0.717, 1.165) is 88.6 Å². The standard InChI is InChI=1S/C44H30N4/c1-27-3-7-29(8-4-27)37-23-19-33-15-17-35-21-25-39(47-43(35)41(33)45-37)31-11-13-32(14-12-31)40-26-22-36-18-16-34-20-24-38(46-42(34)44(36)48-40)30-9-5-28(2)6-10-30/h3-26H,1-2H3. The Morgan fingerprint density at radius 2 is 0.458 bits per heavy atom. The van der Waals surface area contributed by atoms with Crippen LogP contribution in [0, 0.1) is 13.8 Å². The zero-order valence-corrected chi connectivity index (χ0v) is 26.6. The molecule has 4 heteroatoms. The molecule has 4 aromatic heterocycles. The first kappa shape index (κ1) is 28.0. The number of rotatable bonds is 4. The molecule has 0 unspecified atom stereocenters. The highest BCUT2D eigenvalue weighted by Crippen LogP contribution is 2.32. The van der Waals surface area contributed by atoms with Crippen LogP contribution in [0.3, 0.4) is 0 Å². The molecular weight excluding hydrogens is 585 g/mol. The second-order valence-corrected chi connectivity index (χ2v) is 12.5. The second-order valence-electron chi connectivity index (χ2n) is 12.5. The van der Waals surface area contributed by atoms with Gasteiger partial charge in [0, 0.05) is 43.8 Å². The van der Waals surface area contributed by atoms with Crippen molar-refractivity contribution in [3.8, 4) is 45.0 Å². The quantitative estimate of drug-likeness (QED) is 0.185. The molecule has 0 aliphatic rings. The summed E-state index contributed by atoms with van der Waals surface area (Å²) in [6.45, 7) is 4.20. The van der Waals surface area contributed by atoms with Crippen LogP contribution in [0.5, 0.6) is 0 Å². The fourth-order valence-electron chi connectivity index (χ4n) is 6.44. The summed E-state index contributed by atoms with van der Waals surface area (Å²) in [6.07, 6.45) is 0. The zero-order valence-electron chi connectivity index (χ0n) is 26.6. The van der Waals surface area contributed by atoms with E-state index in [1.807, 2.05) is 0 Å². The normalized spacial score (nSPS) is 11.5. The smallest absolute Gasteiger partial charge is 0.0972 e. The van der Waals surface area contributed by atoms with Crippen LogP contribution >= 0.6 is 0 Å². The molecular formula is C44H30N4. The zero-order chi connectivity index (χ0) is 32.2. The Bertz CT molecular complexity index is 2470. The van der Waals surface area contributed by atoms with Crippen molar-refractivity contribution in [2.45, 2.75) is 13.8 Å². The fourth-order valence-corrected chi connectivity index (χ4v) is 6.44. The van der Waals surface area contributed by atoms with Crippen LogP contribution in [0.25, 0.3) is 88.6 Å². The van der Waals surface area contributed by atoms with Crippen molar-refractivity contribution >= 4 is 43.6 Å². The van der Waals surface area contributed by atoms with E-state index in [2.05, 4.69) is 159 Å². The van der Waals surface area contributed by atoms with Crippen molar-refractivity contribution in [3.05, 3.63) is 157 Å². The Morgan fingerprint density at radius 3 is 0.708 bits per heavy atom. The molecule has 4 nitrogen and oxygen atoms in total. The van der Waals surface area contributed by atoms with E-state index in [-0.39, 0.29) is 0 Å². The Hall–Kier alpha value is -6.26. The molecule has 0 radical (unpaired) electrons. The summed E-state index contributed by atoms with van der Waals surface area (Å²) >= 11 is 0. The summed E-state index contributed by atoms with van der Waals surface area (Å²) in [7, 11) is 0. The van der Waals surface area contributed by atoms with E-state index in [9.17, 15) is 0 Å².